The van der Waals surface area contributed by atoms with Gasteiger partial charge in [-0.1, -0.05) is 23.2 Å². The van der Waals surface area contributed by atoms with Crippen LogP contribution in [0.2, 0.25) is 10.0 Å². The van der Waals surface area contributed by atoms with E-state index in [1.165, 1.54) is 18.2 Å². The number of carbonyl (C=O) groups is 1. The Balaban J connectivity index is 2.91. The van der Waals surface area contributed by atoms with Crippen molar-refractivity contribution in [1.29, 1.82) is 0 Å². The van der Waals surface area contributed by atoms with Crippen molar-refractivity contribution >= 4 is 35.1 Å². The Morgan fingerprint density at radius 2 is 1.80 bits per heavy atom. The number of guanidine groups is 1. The Bertz CT molecular complexity index is 399. The third-order valence-corrected chi connectivity index (χ3v) is 1.94. The molecule has 15 heavy (non-hydrogen) atoms. The van der Waals surface area contributed by atoms with Crippen molar-refractivity contribution in [1.82, 2.24) is 5.32 Å². The molecule has 0 aromatic heterocycles. The average Bonchev–Trinajstić information content (AvgIpc) is 2.16. The molecule has 0 heterocycles. The van der Waals surface area contributed by atoms with Gasteiger partial charge in [-0.3, -0.25) is 10.1 Å². The molecule has 0 fully saturated rings. The molecule has 0 saturated heterocycles. The molecule has 0 bridgehead atoms. The minimum atomic E-state index is -0.480. The van der Waals surface area contributed by atoms with Crippen LogP contribution in [0.15, 0.2) is 23.3 Å². The lowest BCUT2D eigenvalue weighted by Crippen LogP contribution is -2.37. The highest BCUT2D eigenvalue weighted by atomic mass is 35.5. The van der Waals surface area contributed by atoms with Crippen molar-refractivity contribution in [2.75, 3.05) is 0 Å². The maximum absolute atomic E-state index is 11.5. The van der Waals surface area contributed by atoms with Gasteiger partial charge >= 0.3 is 0 Å². The van der Waals surface area contributed by atoms with Gasteiger partial charge in [0.05, 0.1) is 0 Å². The highest BCUT2D eigenvalue weighted by Crippen LogP contribution is 2.18. The number of nitrogens with zero attached hydrogens (tertiary/aromatic N) is 1. The first-order valence-corrected chi connectivity index (χ1v) is 4.59. The number of rotatable bonds is 1. The molecule has 0 saturated carbocycles. The van der Waals surface area contributed by atoms with Gasteiger partial charge in [-0.05, 0) is 18.2 Å². The summed E-state index contributed by atoms with van der Waals surface area (Å²) in [5, 5.41) is 6.06. The van der Waals surface area contributed by atoms with Gasteiger partial charge in [0.2, 0.25) is 5.96 Å². The molecule has 0 spiro atoms. The van der Waals surface area contributed by atoms with E-state index in [4.69, 9.17) is 34.8 Å². The maximum Gasteiger partial charge on any atom is 0.258 e. The van der Waals surface area contributed by atoms with Crippen LogP contribution in [0, 0.1) is 0 Å². The Labute approximate surface area is 96.0 Å². The van der Waals surface area contributed by atoms with Crippen molar-refractivity contribution in [3.8, 4) is 0 Å². The summed E-state index contributed by atoms with van der Waals surface area (Å²) in [5.74, 6) is 4.19. The minimum absolute atomic E-state index is 0.184. The van der Waals surface area contributed by atoms with E-state index in [0.717, 1.165) is 0 Å². The molecular weight excluding hydrogens is 239 g/mol. The summed E-state index contributed by atoms with van der Waals surface area (Å²) in [6.07, 6.45) is 0. The zero-order valence-electron chi connectivity index (χ0n) is 7.50. The highest BCUT2D eigenvalue weighted by Gasteiger charge is 2.08. The van der Waals surface area contributed by atoms with Crippen LogP contribution >= 0.6 is 23.2 Å². The number of halogens is 2. The van der Waals surface area contributed by atoms with Gasteiger partial charge in [0.1, 0.15) is 0 Å². The van der Waals surface area contributed by atoms with Crippen molar-refractivity contribution in [3.05, 3.63) is 33.8 Å². The van der Waals surface area contributed by atoms with Crippen molar-refractivity contribution in [2.45, 2.75) is 0 Å². The Morgan fingerprint density at radius 1 is 1.27 bits per heavy atom. The number of amides is 1. The second-order valence-electron chi connectivity index (χ2n) is 2.63. The van der Waals surface area contributed by atoms with Crippen molar-refractivity contribution < 1.29 is 4.79 Å². The lowest BCUT2D eigenvalue weighted by atomic mass is 10.2. The van der Waals surface area contributed by atoms with Crippen LogP contribution in [0.25, 0.3) is 0 Å². The van der Waals surface area contributed by atoms with E-state index in [9.17, 15) is 4.79 Å². The van der Waals surface area contributed by atoms with E-state index < -0.39 is 5.91 Å². The van der Waals surface area contributed by atoms with Crippen LogP contribution in [0.5, 0.6) is 0 Å². The van der Waals surface area contributed by atoms with Crippen LogP contribution < -0.4 is 16.9 Å². The van der Waals surface area contributed by atoms with Gasteiger partial charge in [0.25, 0.3) is 5.91 Å². The largest absolute Gasteiger partial charge is 0.368 e. The quantitative estimate of drug-likeness (QED) is 0.298. The van der Waals surface area contributed by atoms with Gasteiger partial charge in [-0.2, -0.15) is 0 Å². The Morgan fingerprint density at radius 3 is 2.27 bits per heavy atom. The fourth-order valence-corrected chi connectivity index (χ4v) is 1.43. The molecule has 1 aromatic carbocycles. The third kappa shape index (κ3) is 3.30. The number of carbonyl (C=O) groups excluding carboxylic acids is 1. The van der Waals surface area contributed by atoms with E-state index in [1.807, 2.05) is 0 Å². The Kier molecular flexibility index (Phi) is 3.76. The summed E-state index contributed by atoms with van der Waals surface area (Å²) in [6, 6.07) is 4.42. The number of benzene rings is 1. The molecule has 0 aliphatic rings. The molecule has 0 atom stereocenters. The number of hydrazone groups is 1. The van der Waals surface area contributed by atoms with E-state index in [2.05, 4.69) is 10.4 Å². The topological polar surface area (TPSA) is 93.5 Å². The van der Waals surface area contributed by atoms with Crippen molar-refractivity contribution in [2.24, 2.45) is 16.7 Å². The maximum atomic E-state index is 11.5. The third-order valence-electron chi connectivity index (χ3n) is 1.51. The first-order chi connectivity index (χ1) is 7.02. The normalized spacial score (nSPS) is 11.2. The molecule has 7 heteroatoms. The van der Waals surface area contributed by atoms with Crippen LogP contribution in [-0.2, 0) is 0 Å². The molecule has 0 aliphatic heterocycles. The zero-order chi connectivity index (χ0) is 11.4. The minimum Gasteiger partial charge on any atom is -0.368 e. The van der Waals surface area contributed by atoms with Gasteiger partial charge in [0.15, 0.2) is 0 Å². The molecular formula is C8H8Cl2N4O. The predicted octanol–water partition coefficient (Wildman–Crippen LogP) is 0.912. The van der Waals surface area contributed by atoms with Gasteiger partial charge in [0, 0.05) is 15.6 Å². The lowest BCUT2D eigenvalue weighted by Gasteiger charge is -2.04. The molecule has 80 valence electrons. The van der Waals surface area contributed by atoms with Crippen LogP contribution in [0.4, 0.5) is 0 Å². The predicted molar refractivity (Wildman–Crippen MR) is 59.7 cm³/mol. The van der Waals surface area contributed by atoms with Gasteiger partial charge < -0.3 is 11.6 Å². The van der Waals surface area contributed by atoms with Gasteiger partial charge in [-0.15, -0.1) is 5.10 Å². The summed E-state index contributed by atoms with van der Waals surface area (Å²) in [6.45, 7) is 0. The molecule has 0 aliphatic carbocycles. The molecule has 5 N–H and O–H groups in total. The smallest absolute Gasteiger partial charge is 0.258 e. The first-order valence-electron chi connectivity index (χ1n) is 3.83. The summed E-state index contributed by atoms with van der Waals surface area (Å²) in [7, 11) is 0. The molecule has 0 unspecified atom stereocenters. The van der Waals surface area contributed by atoms with Crippen LogP contribution in [-0.4, -0.2) is 11.9 Å². The fourth-order valence-electron chi connectivity index (χ4n) is 0.906. The van der Waals surface area contributed by atoms with E-state index in [1.54, 1.807) is 0 Å². The molecule has 1 amide bonds. The van der Waals surface area contributed by atoms with Crippen molar-refractivity contribution in [3.63, 3.8) is 0 Å². The van der Waals surface area contributed by atoms with Gasteiger partial charge in [-0.25, -0.2) is 0 Å². The number of hydrogen-bond donors (Lipinski definition) is 3. The van der Waals surface area contributed by atoms with E-state index >= 15 is 0 Å². The SMILES string of the molecule is NN=C(N)NC(=O)c1cc(Cl)cc(Cl)c1. The number of hydrogen-bond acceptors (Lipinski definition) is 3. The second-order valence-corrected chi connectivity index (χ2v) is 3.50. The van der Waals surface area contributed by atoms with Crippen LogP contribution in [0.1, 0.15) is 10.4 Å². The standard InChI is InChI=1S/C8H8Cl2N4O/c9-5-1-4(2-6(10)3-5)7(15)13-8(11)14-12/h1-3H,12H2,(H3,11,13,14,15). The lowest BCUT2D eigenvalue weighted by molar-refractivity contribution is 0.0976. The monoisotopic (exact) mass is 246 g/mol. The summed E-state index contributed by atoms with van der Waals surface area (Å²) >= 11 is 11.4. The second kappa shape index (κ2) is 4.86. The summed E-state index contributed by atoms with van der Waals surface area (Å²) in [4.78, 5) is 11.5. The highest BCUT2D eigenvalue weighted by molar-refractivity contribution is 6.35. The summed E-state index contributed by atoms with van der Waals surface area (Å²) in [5.41, 5.74) is 5.49. The molecule has 1 aromatic rings. The molecule has 0 radical (unpaired) electrons. The average molecular weight is 247 g/mol. The number of nitrogens with one attached hydrogen (secondary N) is 1. The molecule has 5 nitrogen and oxygen atoms in total. The van der Waals surface area contributed by atoms with Crippen LogP contribution in [0.3, 0.4) is 0 Å². The fraction of sp³-hybridized carbons (Fsp3) is 0. The van der Waals surface area contributed by atoms with E-state index in [-0.39, 0.29) is 11.5 Å². The summed E-state index contributed by atoms with van der Waals surface area (Å²) < 4.78 is 0. The Hall–Kier alpha value is -1.46. The number of nitrogens with two attached hydrogens (primary N) is 2. The molecule has 1 rings (SSSR count). The zero-order valence-corrected chi connectivity index (χ0v) is 9.01. The van der Waals surface area contributed by atoms with E-state index in [0.29, 0.717) is 10.0 Å². The first kappa shape index (κ1) is 11.6.